The van der Waals surface area contributed by atoms with Crippen LogP contribution in [0.2, 0.25) is 0 Å². The lowest BCUT2D eigenvalue weighted by Gasteiger charge is -2.29. The van der Waals surface area contributed by atoms with Gasteiger partial charge in [-0.05, 0) is 37.5 Å². The second-order valence-electron chi connectivity index (χ2n) is 4.45. The summed E-state index contributed by atoms with van der Waals surface area (Å²) in [6.45, 7) is 2.50. The predicted octanol–water partition coefficient (Wildman–Crippen LogP) is 1.95. The van der Waals surface area contributed by atoms with Gasteiger partial charge in [0.05, 0.1) is 6.10 Å². The Morgan fingerprint density at radius 2 is 1.85 bits per heavy atom. The molecule has 2 nitrogen and oxygen atoms in total. The molecule has 2 heteroatoms. The second-order valence-corrected chi connectivity index (χ2v) is 4.45. The minimum Gasteiger partial charge on any atom is -0.396 e. The maximum absolute atomic E-state index is 9.78. The summed E-state index contributed by atoms with van der Waals surface area (Å²) in [4.78, 5) is 0. The molecule has 0 aromatic heterocycles. The molecule has 0 saturated heterocycles. The first-order chi connectivity index (χ1) is 6.24. The summed E-state index contributed by atoms with van der Waals surface area (Å²) in [5.74, 6) is 1.35. The number of hydrogen-bond acceptors (Lipinski definition) is 2. The normalized spacial score (nSPS) is 31.6. The van der Waals surface area contributed by atoms with Gasteiger partial charge in [0.25, 0.3) is 0 Å². The molecule has 1 atom stereocenters. The Kier molecular flexibility index (Phi) is 4.74. The van der Waals surface area contributed by atoms with Gasteiger partial charge in [0.1, 0.15) is 0 Å². The summed E-state index contributed by atoms with van der Waals surface area (Å²) >= 11 is 0. The van der Waals surface area contributed by atoms with Crippen molar-refractivity contribution in [3.8, 4) is 0 Å². The summed E-state index contributed by atoms with van der Waals surface area (Å²) in [5.41, 5.74) is 0. The average molecular weight is 186 g/mol. The van der Waals surface area contributed by atoms with Crippen molar-refractivity contribution >= 4 is 0 Å². The van der Waals surface area contributed by atoms with Gasteiger partial charge in [-0.25, -0.2) is 0 Å². The molecule has 0 heterocycles. The van der Waals surface area contributed by atoms with Gasteiger partial charge in [0.2, 0.25) is 0 Å². The van der Waals surface area contributed by atoms with Gasteiger partial charge < -0.3 is 10.2 Å². The highest BCUT2D eigenvalue weighted by Crippen LogP contribution is 2.31. The summed E-state index contributed by atoms with van der Waals surface area (Å²) in [5, 5.41) is 18.4. The molecule has 1 aliphatic carbocycles. The van der Waals surface area contributed by atoms with Crippen LogP contribution < -0.4 is 0 Å². The smallest absolute Gasteiger partial charge is 0.0569 e. The van der Waals surface area contributed by atoms with Crippen molar-refractivity contribution in [3.63, 3.8) is 0 Å². The van der Waals surface area contributed by atoms with Gasteiger partial charge >= 0.3 is 0 Å². The summed E-state index contributed by atoms with van der Waals surface area (Å²) in [7, 11) is 0. The standard InChI is InChI=1S/C11H22O2/c1-9-4-6-10(7-5-9)11(13)3-2-8-12/h9-13H,2-8H2,1H3. The summed E-state index contributed by atoms with van der Waals surface area (Å²) in [6.07, 6.45) is 6.23. The molecule has 1 fully saturated rings. The Morgan fingerprint density at radius 1 is 1.23 bits per heavy atom. The minimum absolute atomic E-state index is 0.167. The molecule has 13 heavy (non-hydrogen) atoms. The first-order valence-electron chi connectivity index (χ1n) is 5.53. The quantitative estimate of drug-likeness (QED) is 0.704. The van der Waals surface area contributed by atoms with Crippen LogP contribution in [0.15, 0.2) is 0 Å². The third kappa shape index (κ3) is 3.65. The molecule has 78 valence electrons. The topological polar surface area (TPSA) is 40.5 Å². The lowest BCUT2D eigenvalue weighted by Crippen LogP contribution is -2.25. The molecule has 0 aliphatic heterocycles. The molecule has 0 bridgehead atoms. The van der Waals surface area contributed by atoms with Crippen LogP contribution in [0.5, 0.6) is 0 Å². The van der Waals surface area contributed by atoms with Gasteiger partial charge in [-0.3, -0.25) is 0 Å². The van der Waals surface area contributed by atoms with E-state index in [-0.39, 0.29) is 12.7 Å². The third-order valence-corrected chi connectivity index (χ3v) is 3.26. The molecule has 1 unspecified atom stereocenters. The highest BCUT2D eigenvalue weighted by molar-refractivity contribution is 4.75. The van der Waals surface area contributed by atoms with E-state index in [1.54, 1.807) is 0 Å². The molecule has 1 rings (SSSR count). The first-order valence-corrected chi connectivity index (χ1v) is 5.53. The van der Waals surface area contributed by atoms with E-state index in [4.69, 9.17) is 5.11 Å². The highest BCUT2D eigenvalue weighted by atomic mass is 16.3. The van der Waals surface area contributed by atoms with E-state index in [2.05, 4.69) is 6.92 Å². The maximum atomic E-state index is 9.78. The van der Waals surface area contributed by atoms with Crippen LogP contribution in [0.4, 0.5) is 0 Å². The molecule has 2 N–H and O–H groups in total. The number of hydrogen-bond donors (Lipinski definition) is 2. The molecule has 0 amide bonds. The van der Waals surface area contributed by atoms with Gasteiger partial charge in [-0.15, -0.1) is 0 Å². The predicted molar refractivity (Wildman–Crippen MR) is 53.4 cm³/mol. The van der Waals surface area contributed by atoms with E-state index in [9.17, 15) is 5.11 Å². The zero-order valence-corrected chi connectivity index (χ0v) is 8.58. The van der Waals surface area contributed by atoms with E-state index in [0.717, 1.165) is 18.8 Å². The molecule has 1 aliphatic rings. The van der Waals surface area contributed by atoms with Crippen LogP contribution in [0.1, 0.15) is 45.4 Å². The molecule has 0 aromatic carbocycles. The molecule has 0 aromatic rings. The lowest BCUT2D eigenvalue weighted by atomic mass is 9.79. The SMILES string of the molecule is CC1CCC(C(O)CCCO)CC1. The molecular weight excluding hydrogens is 164 g/mol. The maximum Gasteiger partial charge on any atom is 0.0569 e. The van der Waals surface area contributed by atoms with Crippen LogP contribution in [0.25, 0.3) is 0 Å². The van der Waals surface area contributed by atoms with Gasteiger partial charge in [0, 0.05) is 6.61 Å². The number of aliphatic hydroxyl groups excluding tert-OH is 2. The third-order valence-electron chi connectivity index (χ3n) is 3.26. The second kappa shape index (κ2) is 5.61. The zero-order chi connectivity index (χ0) is 9.68. The van der Waals surface area contributed by atoms with Crippen molar-refractivity contribution in [2.45, 2.75) is 51.6 Å². The van der Waals surface area contributed by atoms with Gasteiger partial charge in [-0.2, -0.15) is 0 Å². The Balaban J connectivity index is 2.19. The van der Waals surface area contributed by atoms with Crippen molar-refractivity contribution in [2.75, 3.05) is 6.61 Å². The van der Waals surface area contributed by atoms with Crippen molar-refractivity contribution in [2.24, 2.45) is 11.8 Å². The van der Waals surface area contributed by atoms with E-state index >= 15 is 0 Å². The summed E-state index contributed by atoms with van der Waals surface area (Å²) < 4.78 is 0. The van der Waals surface area contributed by atoms with Crippen molar-refractivity contribution in [3.05, 3.63) is 0 Å². The monoisotopic (exact) mass is 186 g/mol. The Bertz CT molecular complexity index is 128. The molecule has 1 saturated carbocycles. The largest absolute Gasteiger partial charge is 0.396 e. The number of aliphatic hydroxyl groups is 2. The fourth-order valence-corrected chi connectivity index (χ4v) is 2.21. The average Bonchev–Trinajstić information content (AvgIpc) is 2.15. The fraction of sp³-hybridized carbons (Fsp3) is 1.00. The first kappa shape index (κ1) is 11.0. The van der Waals surface area contributed by atoms with Crippen LogP contribution in [-0.2, 0) is 0 Å². The lowest BCUT2D eigenvalue weighted by molar-refractivity contribution is 0.0626. The molecule has 0 radical (unpaired) electrons. The van der Waals surface area contributed by atoms with Crippen molar-refractivity contribution < 1.29 is 10.2 Å². The van der Waals surface area contributed by atoms with Gasteiger partial charge in [0.15, 0.2) is 0 Å². The molecule has 0 spiro atoms. The Morgan fingerprint density at radius 3 is 2.38 bits per heavy atom. The van der Waals surface area contributed by atoms with Crippen LogP contribution in [0.3, 0.4) is 0 Å². The fourth-order valence-electron chi connectivity index (χ4n) is 2.21. The Hall–Kier alpha value is -0.0800. The van der Waals surface area contributed by atoms with E-state index in [0.29, 0.717) is 5.92 Å². The highest BCUT2D eigenvalue weighted by Gasteiger charge is 2.23. The van der Waals surface area contributed by atoms with E-state index in [1.807, 2.05) is 0 Å². The van der Waals surface area contributed by atoms with Gasteiger partial charge in [-0.1, -0.05) is 19.8 Å². The van der Waals surface area contributed by atoms with Crippen molar-refractivity contribution in [1.82, 2.24) is 0 Å². The van der Waals surface area contributed by atoms with Crippen LogP contribution in [0, 0.1) is 11.8 Å². The van der Waals surface area contributed by atoms with Crippen LogP contribution in [-0.4, -0.2) is 22.9 Å². The minimum atomic E-state index is -0.167. The van der Waals surface area contributed by atoms with E-state index in [1.165, 1.54) is 25.7 Å². The van der Waals surface area contributed by atoms with E-state index < -0.39 is 0 Å². The summed E-state index contributed by atoms with van der Waals surface area (Å²) in [6, 6.07) is 0. The number of rotatable bonds is 4. The molecular formula is C11H22O2. The van der Waals surface area contributed by atoms with Crippen molar-refractivity contribution in [1.29, 1.82) is 0 Å². The Labute approximate surface area is 81.0 Å². The van der Waals surface area contributed by atoms with Crippen LogP contribution >= 0.6 is 0 Å². The zero-order valence-electron chi connectivity index (χ0n) is 8.58.